The zero-order valence-corrected chi connectivity index (χ0v) is 11.6. The number of hydrogen-bond donors (Lipinski definition) is 1. The van der Waals surface area contributed by atoms with Crippen LogP contribution in [-0.2, 0) is 6.42 Å². The van der Waals surface area contributed by atoms with Crippen molar-refractivity contribution in [2.45, 2.75) is 31.7 Å². The number of nitrogens with zero attached hydrogens (tertiary/aromatic N) is 3. The van der Waals surface area contributed by atoms with Gasteiger partial charge in [0.15, 0.2) is 5.82 Å². The second-order valence-corrected chi connectivity index (χ2v) is 5.20. The van der Waals surface area contributed by atoms with Crippen molar-refractivity contribution in [3.05, 3.63) is 47.6 Å². The number of piperidine rings is 1. The Morgan fingerprint density at radius 3 is 2.90 bits per heavy atom. The molecule has 2 aromatic rings. The monoisotopic (exact) mass is 287 g/mol. The molecule has 21 heavy (non-hydrogen) atoms. The summed E-state index contributed by atoms with van der Waals surface area (Å²) in [6.45, 7) is 0.530. The van der Waals surface area contributed by atoms with Gasteiger partial charge in [0, 0.05) is 6.54 Å². The van der Waals surface area contributed by atoms with Gasteiger partial charge in [-0.3, -0.25) is 4.90 Å². The first kappa shape index (κ1) is 13.6. The van der Waals surface area contributed by atoms with Crippen LogP contribution in [0.4, 0.5) is 4.79 Å². The molecule has 2 heterocycles. The van der Waals surface area contributed by atoms with Gasteiger partial charge >= 0.3 is 6.09 Å². The van der Waals surface area contributed by atoms with Crippen molar-refractivity contribution in [2.24, 2.45) is 0 Å². The van der Waals surface area contributed by atoms with Crippen LogP contribution in [0.1, 0.15) is 42.6 Å². The topological polar surface area (TPSA) is 79.5 Å². The minimum atomic E-state index is -0.922. The Hall–Kier alpha value is -2.37. The molecule has 1 aromatic carbocycles. The van der Waals surface area contributed by atoms with Crippen LogP contribution in [0, 0.1) is 0 Å². The summed E-state index contributed by atoms with van der Waals surface area (Å²) < 4.78 is 5.27. The Balaban J connectivity index is 1.76. The molecule has 6 nitrogen and oxygen atoms in total. The highest BCUT2D eigenvalue weighted by molar-refractivity contribution is 5.65. The average molecular weight is 287 g/mol. The van der Waals surface area contributed by atoms with Crippen molar-refractivity contribution in [2.75, 3.05) is 6.54 Å². The highest BCUT2D eigenvalue weighted by Gasteiger charge is 2.31. The Bertz CT molecular complexity index is 612. The van der Waals surface area contributed by atoms with Crippen molar-refractivity contribution in [3.8, 4) is 0 Å². The second-order valence-electron chi connectivity index (χ2n) is 5.20. The number of benzene rings is 1. The summed E-state index contributed by atoms with van der Waals surface area (Å²) in [5.74, 6) is 0.996. The Labute approximate surface area is 122 Å². The smallest absolute Gasteiger partial charge is 0.407 e. The maximum absolute atomic E-state index is 11.3. The highest BCUT2D eigenvalue weighted by Crippen LogP contribution is 2.29. The number of rotatable bonds is 3. The fraction of sp³-hybridized carbons (Fsp3) is 0.400. The molecule has 0 aliphatic carbocycles. The lowest BCUT2D eigenvalue weighted by atomic mass is 10.0. The summed E-state index contributed by atoms with van der Waals surface area (Å²) in [4.78, 5) is 17.1. The molecule has 1 N–H and O–H groups in total. The number of carboxylic acid groups (broad SMARTS) is 1. The van der Waals surface area contributed by atoms with E-state index in [2.05, 4.69) is 10.1 Å². The van der Waals surface area contributed by atoms with E-state index in [9.17, 15) is 9.90 Å². The molecule has 1 amide bonds. The van der Waals surface area contributed by atoms with Gasteiger partial charge < -0.3 is 9.63 Å². The van der Waals surface area contributed by atoms with Crippen molar-refractivity contribution in [1.29, 1.82) is 0 Å². The van der Waals surface area contributed by atoms with Gasteiger partial charge in [-0.1, -0.05) is 35.5 Å². The van der Waals surface area contributed by atoms with E-state index in [0.717, 1.165) is 24.8 Å². The minimum Gasteiger partial charge on any atom is -0.465 e. The third kappa shape index (κ3) is 3.04. The zero-order valence-electron chi connectivity index (χ0n) is 11.6. The van der Waals surface area contributed by atoms with E-state index in [4.69, 9.17) is 4.52 Å². The van der Waals surface area contributed by atoms with E-state index < -0.39 is 6.09 Å². The molecular formula is C15H17N3O3. The minimum absolute atomic E-state index is 0.287. The third-order valence-electron chi connectivity index (χ3n) is 3.73. The van der Waals surface area contributed by atoms with E-state index in [1.54, 1.807) is 0 Å². The number of likely N-dealkylation sites (tertiary alicyclic amines) is 1. The van der Waals surface area contributed by atoms with Crippen LogP contribution >= 0.6 is 0 Å². The van der Waals surface area contributed by atoms with Crippen LogP contribution in [0.2, 0.25) is 0 Å². The number of amides is 1. The maximum Gasteiger partial charge on any atom is 0.407 e. The van der Waals surface area contributed by atoms with E-state index in [0.29, 0.717) is 24.7 Å². The molecular weight excluding hydrogens is 270 g/mol. The molecule has 1 aliphatic rings. The quantitative estimate of drug-likeness (QED) is 0.939. The normalized spacial score (nSPS) is 18.7. The van der Waals surface area contributed by atoms with Crippen molar-refractivity contribution in [1.82, 2.24) is 15.0 Å². The lowest BCUT2D eigenvalue weighted by Crippen LogP contribution is -2.37. The molecule has 0 radical (unpaired) electrons. The van der Waals surface area contributed by atoms with Crippen LogP contribution in [-0.4, -0.2) is 32.8 Å². The van der Waals surface area contributed by atoms with Crippen LogP contribution in [0.25, 0.3) is 0 Å². The molecule has 6 heteroatoms. The van der Waals surface area contributed by atoms with Gasteiger partial charge in [0.05, 0.1) is 12.5 Å². The van der Waals surface area contributed by atoms with E-state index in [-0.39, 0.29) is 6.04 Å². The lowest BCUT2D eigenvalue weighted by Gasteiger charge is -2.31. The van der Waals surface area contributed by atoms with Gasteiger partial charge in [-0.05, 0) is 24.8 Å². The molecule has 1 saturated heterocycles. The number of hydrogen-bond acceptors (Lipinski definition) is 4. The fourth-order valence-electron chi connectivity index (χ4n) is 2.67. The van der Waals surface area contributed by atoms with Gasteiger partial charge in [0.1, 0.15) is 0 Å². The SMILES string of the molecule is O=C(O)N1CCCC[C@H]1c1noc(Cc2ccccc2)n1. The van der Waals surface area contributed by atoms with E-state index >= 15 is 0 Å². The van der Waals surface area contributed by atoms with E-state index in [1.807, 2.05) is 30.3 Å². The molecule has 1 atom stereocenters. The number of aromatic nitrogens is 2. The standard InChI is InChI=1S/C15H17N3O3/c19-15(20)18-9-5-4-8-12(18)14-16-13(21-17-14)10-11-6-2-1-3-7-11/h1-3,6-7,12H,4-5,8-10H2,(H,19,20)/t12-/m0/s1. The summed E-state index contributed by atoms with van der Waals surface area (Å²) in [6.07, 6.45) is 2.26. The number of carbonyl (C=O) groups is 1. The third-order valence-corrected chi connectivity index (χ3v) is 3.73. The van der Waals surface area contributed by atoms with Gasteiger partial charge in [0.2, 0.25) is 5.89 Å². The molecule has 1 fully saturated rings. The van der Waals surface area contributed by atoms with E-state index in [1.165, 1.54) is 4.90 Å². The van der Waals surface area contributed by atoms with Crippen LogP contribution in [0.15, 0.2) is 34.9 Å². The average Bonchev–Trinajstić information content (AvgIpc) is 2.96. The van der Waals surface area contributed by atoms with Crippen LogP contribution in [0.3, 0.4) is 0 Å². The van der Waals surface area contributed by atoms with Crippen molar-refractivity contribution in [3.63, 3.8) is 0 Å². The predicted molar refractivity (Wildman–Crippen MR) is 74.9 cm³/mol. The first-order valence-electron chi connectivity index (χ1n) is 7.10. The van der Waals surface area contributed by atoms with Crippen LogP contribution < -0.4 is 0 Å². The van der Waals surface area contributed by atoms with Crippen molar-refractivity contribution < 1.29 is 14.4 Å². The lowest BCUT2D eigenvalue weighted by molar-refractivity contribution is 0.103. The molecule has 0 saturated carbocycles. The van der Waals surface area contributed by atoms with Crippen molar-refractivity contribution >= 4 is 6.09 Å². The second kappa shape index (κ2) is 5.95. The fourth-order valence-corrected chi connectivity index (χ4v) is 2.67. The first-order valence-corrected chi connectivity index (χ1v) is 7.10. The molecule has 0 bridgehead atoms. The van der Waals surface area contributed by atoms with Gasteiger partial charge in [-0.15, -0.1) is 0 Å². The largest absolute Gasteiger partial charge is 0.465 e. The summed E-state index contributed by atoms with van der Waals surface area (Å²) in [6, 6.07) is 9.57. The molecule has 3 rings (SSSR count). The summed E-state index contributed by atoms with van der Waals surface area (Å²) in [7, 11) is 0. The first-order chi connectivity index (χ1) is 10.2. The Morgan fingerprint density at radius 1 is 1.33 bits per heavy atom. The highest BCUT2D eigenvalue weighted by atomic mass is 16.5. The Morgan fingerprint density at radius 2 is 2.14 bits per heavy atom. The summed E-state index contributed by atoms with van der Waals surface area (Å²) in [5.41, 5.74) is 1.09. The molecule has 110 valence electrons. The summed E-state index contributed by atoms with van der Waals surface area (Å²) in [5, 5.41) is 13.2. The molecule has 0 unspecified atom stereocenters. The van der Waals surface area contributed by atoms with Gasteiger partial charge in [-0.2, -0.15) is 4.98 Å². The van der Waals surface area contributed by atoms with Gasteiger partial charge in [-0.25, -0.2) is 4.79 Å². The zero-order chi connectivity index (χ0) is 14.7. The predicted octanol–water partition coefficient (Wildman–Crippen LogP) is 2.87. The maximum atomic E-state index is 11.3. The van der Waals surface area contributed by atoms with Gasteiger partial charge in [0.25, 0.3) is 0 Å². The molecule has 1 aromatic heterocycles. The summed E-state index contributed by atoms with van der Waals surface area (Å²) >= 11 is 0. The molecule has 1 aliphatic heterocycles. The molecule has 0 spiro atoms. The Kier molecular flexibility index (Phi) is 3.85. The van der Waals surface area contributed by atoms with Crippen LogP contribution in [0.5, 0.6) is 0 Å².